The summed E-state index contributed by atoms with van der Waals surface area (Å²) < 4.78 is 38.0. The molecule has 0 unspecified atom stereocenters. The molecule has 2 aromatic rings. The average Bonchev–Trinajstić information content (AvgIpc) is 2.53. The minimum Gasteiger partial charge on any atom is -0.493 e. The fourth-order valence-corrected chi connectivity index (χ4v) is 3.61. The summed E-state index contributed by atoms with van der Waals surface area (Å²) in [7, 11) is -2.46. The molecule has 8 nitrogen and oxygen atoms in total. The van der Waals surface area contributed by atoms with Crippen LogP contribution >= 0.6 is 0 Å². The zero-order valence-corrected chi connectivity index (χ0v) is 15.7. The highest BCUT2D eigenvalue weighted by atomic mass is 32.2. The van der Waals surface area contributed by atoms with E-state index in [9.17, 15) is 18.5 Å². The number of nitrogens with zero attached hydrogens (tertiary/aromatic N) is 1. The quantitative estimate of drug-likeness (QED) is 0.607. The molecule has 0 aliphatic heterocycles. The van der Waals surface area contributed by atoms with Crippen molar-refractivity contribution >= 4 is 15.7 Å². The van der Waals surface area contributed by atoms with Gasteiger partial charge in [-0.3, -0.25) is 10.1 Å². The van der Waals surface area contributed by atoms with E-state index in [2.05, 4.69) is 4.72 Å². The molecule has 1 N–H and O–H groups in total. The molecule has 0 aliphatic carbocycles. The van der Waals surface area contributed by atoms with Crippen LogP contribution < -0.4 is 14.2 Å². The molecule has 2 aromatic carbocycles. The molecule has 0 saturated heterocycles. The second kappa shape index (κ2) is 7.30. The SMILES string of the molecule is COc1ccccc1Oc1ccc(S(=O)(=O)NC(C)(C)C)cc1[N+](=O)[O-]. The van der Waals surface area contributed by atoms with Crippen molar-refractivity contribution in [1.29, 1.82) is 0 Å². The summed E-state index contributed by atoms with van der Waals surface area (Å²) in [6.45, 7) is 5.04. The first-order valence-electron chi connectivity index (χ1n) is 7.67. The molecule has 0 aliphatic rings. The van der Waals surface area contributed by atoms with Gasteiger partial charge in [-0.2, -0.15) is 0 Å². The van der Waals surface area contributed by atoms with Gasteiger partial charge in [-0.05, 0) is 45.0 Å². The molecule has 140 valence electrons. The first-order chi connectivity index (χ1) is 12.0. The van der Waals surface area contributed by atoms with E-state index < -0.39 is 26.2 Å². The lowest BCUT2D eigenvalue weighted by molar-refractivity contribution is -0.385. The molecular weight excluding hydrogens is 360 g/mol. The van der Waals surface area contributed by atoms with Gasteiger partial charge in [-0.1, -0.05) is 12.1 Å². The Kier molecular flexibility index (Phi) is 5.53. The number of methoxy groups -OCH3 is 1. The van der Waals surface area contributed by atoms with Crippen molar-refractivity contribution in [2.24, 2.45) is 0 Å². The fourth-order valence-electron chi connectivity index (χ4n) is 2.18. The molecule has 9 heteroatoms. The van der Waals surface area contributed by atoms with E-state index in [1.165, 1.54) is 19.2 Å². The summed E-state index contributed by atoms with van der Waals surface area (Å²) in [5.74, 6) is 0.587. The van der Waals surface area contributed by atoms with Gasteiger partial charge in [0.15, 0.2) is 11.5 Å². The van der Waals surface area contributed by atoms with Crippen LogP contribution in [0.2, 0.25) is 0 Å². The van der Waals surface area contributed by atoms with Gasteiger partial charge in [0.25, 0.3) is 0 Å². The monoisotopic (exact) mass is 380 g/mol. The number of rotatable bonds is 6. The van der Waals surface area contributed by atoms with Crippen LogP contribution in [0.4, 0.5) is 5.69 Å². The number of benzene rings is 2. The highest BCUT2D eigenvalue weighted by Gasteiger charge is 2.26. The molecular formula is C17H20N2O6S. The number of ether oxygens (including phenoxy) is 2. The molecule has 2 rings (SSSR count). The Morgan fingerprint density at radius 2 is 1.65 bits per heavy atom. The minimum atomic E-state index is -3.91. The minimum absolute atomic E-state index is 0.0887. The summed E-state index contributed by atoms with van der Waals surface area (Å²) in [4.78, 5) is 10.5. The maximum atomic E-state index is 12.4. The molecule has 0 radical (unpaired) electrons. The number of sulfonamides is 1. The van der Waals surface area contributed by atoms with Crippen LogP contribution in [-0.2, 0) is 10.0 Å². The molecule has 0 heterocycles. The predicted octanol–water partition coefficient (Wildman–Crippen LogP) is 3.47. The zero-order valence-electron chi connectivity index (χ0n) is 14.8. The predicted molar refractivity (Wildman–Crippen MR) is 96.2 cm³/mol. The Bertz CT molecular complexity index is 919. The molecule has 0 aromatic heterocycles. The van der Waals surface area contributed by atoms with Gasteiger partial charge in [0.1, 0.15) is 0 Å². The molecule has 0 fully saturated rings. The lowest BCUT2D eigenvalue weighted by Gasteiger charge is -2.20. The van der Waals surface area contributed by atoms with E-state index >= 15 is 0 Å². The average molecular weight is 380 g/mol. The fraction of sp³-hybridized carbons (Fsp3) is 0.294. The number of para-hydroxylation sites is 2. The molecule has 0 amide bonds. The van der Waals surface area contributed by atoms with Gasteiger partial charge in [0.05, 0.1) is 16.9 Å². The summed E-state index contributed by atoms with van der Waals surface area (Å²) in [5.41, 5.74) is -1.19. The van der Waals surface area contributed by atoms with Gasteiger partial charge in [0, 0.05) is 11.6 Å². The van der Waals surface area contributed by atoms with E-state index in [-0.39, 0.29) is 16.4 Å². The number of nitrogens with one attached hydrogen (secondary N) is 1. The van der Waals surface area contributed by atoms with Crippen molar-refractivity contribution in [1.82, 2.24) is 4.72 Å². The van der Waals surface area contributed by atoms with Crippen LogP contribution in [0.5, 0.6) is 17.2 Å². The standard InChI is InChI=1S/C17H20N2O6S/c1-17(2,3)18-26(22,23)12-9-10-14(13(11-12)19(20)21)25-16-8-6-5-7-15(16)24-4/h5-11,18H,1-4H3. The maximum absolute atomic E-state index is 12.4. The lowest BCUT2D eigenvalue weighted by Crippen LogP contribution is -2.40. The van der Waals surface area contributed by atoms with Crippen LogP contribution in [0.25, 0.3) is 0 Å². The highest BCUT2D eigenvalue weighted by Crippen LogP contribution is 2.37. The van der Waals surface area contributed by atoms with Crippen LogP contribution in [0, 0.1) is 10.1 Å². The number of nitro benzene ring substituents is 1. The van der Waals surface area contributed by atoms with Crippen LogP contribution in [0.15, 0.2) is 47.4 Å². The van der Waals surface area contributed by atoms with E-state index in [1.807, 2.05) is 0 Å². The Morgan fingerprint density at radius 1 is 1.04 bits per heavy atom. The van der Waals surface area contributed by atoms with Crippen LogP contribution in [-0.4, -0.2) is 26.0 Å². The van der Waals surface area contributed by atoms with Crippen molar-refractivity contribution in [2.75, 3.05) is 7.11 Å². The van der Waals surface area contributed by atoms with Crippen LogP contribution in [0.1, 0.15) is 20.8 Å². The van der Waals surface area contributed by atoms with E-state index in [1.54, 1.807) is 45.0 Å². The first kappa shape index (κ1) is 19.7. The third kappa shape index (κ3) is 4.70. The van der Waals surface area contributed by atoms with Crippen LogP contribution in [0.3, 0.4) is 0 Å². The van der Waals surface area contributed by atoms with E-state index in [4.69, 9.17) is 9.47 Å². The number of nitro groups is 1. The Balaban J connectivity index is 2.46. The molecule has 0 atom stereocenters. The van der Waals surface area contributed by atoms with Crippen molar-refractivity contribution < 1.29 is 22.8 Å². The van der Waals surface area contributed by atoms with Gasteiger partial charge >= 0.3 is 5.69 Å². The Labute approximate surface area is 152 Å². The van der Waals surface area contributed by atoms with E-state index in [0.29, 0.717) is 5.75 Å². The lowest BCUT2D eigenvalue weighted by atomic mass is 10.1. The number of hydrogen-bond acceptors (Lipinski definition) is 6. The topological polar surface area (TPSA) is 108 Å². The third-order valence-electron chi connectivity index (χ3n) is 3.17. The van der Waals surface area contributed by atoms with Gasteiger partial charge < -0.3 is 9.47 Å². The maximum Gasteiger partial charge on any atom is 0.312 e. The summed E-state index contributed by atoms with van der Waals surface area (Å²) in [6.07, 6.45) is 0. The second-order valence-corrected chi connectivity index (χ2v) is 8.18. The first-order valence-corrected chi connectivity index (χ1v) is 9.15. The second-order valence-electron chi connectivity index (χ2n) is 6.50. The summed E-state index contributed by atoms with van der Waals surface area (Å²) in [5, 5.41) is 11.4. The summed E-state index contributed by atoms with van der Waals surface area (Å²) >= 11 is 0. The third-order valence-corrected chi connectivity index (χ3v) is 4.92. The molecule has 0 saturated carbocycles. The normalized spacial score (nSPS) is 11.8. The highest BCUT2D eigenvalue weighted by molar-refractivity contribution is 7.89. The van der Waals surface area contributed by atoms with Gasteiger partial charge in [0.2, 0.25) is 15.8 Å². The molecule has 0 spiro atoms. The van der Waals surface area contributed by atoms with Crippen molar-refractivity contribution in [3.05, 3.63) is 52.6 Å². The Hall–Kier alpha value is -2.65. The smallest absolute Gasteiger partial charge is 0.312 e. The molecule has 0 bridgehead atoms. The zero-order chi connectivity index (χ0) is 19.5. The Morgan fingerprint density at radius 3 is 2.19 bits per heavy atom. The van der Waals surface area contributed by atoms with Crippen molar-refractivity contribution in [2.45, 2.75) is 31.2 Å². The number of hydrogen-bond donors (Lipinski definition) is 1. The van der Waals surface area contributed by atoms with E-state index in [0.717, 1.165) is 6.07 Å². The molecule has 26 heavy (non-hydrogen) atoms. The van der Waals surface area contributed by atoms with Crippen molar-refractivity contribution in [3.8, 4) is 17.2 Å². The largest absolute Gasteiger partial charge is 0.493 e. The van der Waals surface area contributed by atoms with Gasteiger partial charge in [-0.25, -0.2) is 13.1 Å². The summed E-state index contributed by atoms with van der Waals surface area (Å²) in [6, 6.07) is 10.1. The van der Waals surface area contributed by atoms with Gasteiger partial charge in [-0.15, -0.1) is 0 Å². The van der Waals surface area contributed by atoms with Crippen molar-refractivity contribution in [3.63, 3.8) is 0 Å².